The zero-order valence-corrected chi connectivity index (χ0v) is 22.6. The number of aromatic amines is 1. The van der Waals surface area contributed by atoms with Crippen molar-refractivity contribution in [2.45, 2.75) is 19.4 Å². The summed E-state index contributed by atoms with van der Waals surface area (Å²) in [5.74, 6) is 0. The van der Waals surface area contributed by atoms with Gasteiger partial charge in [0, 0.05) is 69.7 Å². The Morgan fingerprint density at radius 1 is 1.18 bits per heavy atom. The third-order valence-electron chi connectivity index (χ3n) is 7.29. The van der Waals surface area contributed by atoms with Gasteiger partial charge in [-0.25, -0.2) is 0 Å². The highest BCUT2D eigenvalue weighted by molar-refractivity contribution is 6.30. The van der Waals surface area contributed by atoms with E-state index >= 15 is 0 Å². The van der Waals surface area contributed by atoms with Crippen molar-refractivity contribution in [3.8, 4) is 0 Å². The lowest BCUT2D eigenvalue weighted by Crippen LogP contribution is -2.47. The van der Waals surface area contributed by atoms with Crippen LogP contribution in [0.2, 0.25) is 5.02 Å². The number of H-pyrrole nitrogens is 1. The molecule has 3 N–H and O–H groups in total. The Hall–Kier alpha value is -3.17. The molecule has 0 aliphatic carbocycles. The minimum Gasteiger partial charge on any atom is -0.387 e. The van der Waals surface area contributed by atoms with Gasteiger partial charge in [-0.3, -0.25) is 14.7 Å². The topological polar surface area (TPSA) is 93.2 Å². The third kappa shape index (κ3) is 5.78. The molecule has 8 nitrogen and oxygen atoms in total. The molecule has 200 valence electrons. The van der Waals surface area contributed by atoms with Crippen molar-refractivity contribution in [3.05, 3.63) is 86.3 Å². The van der Waals surface area contributed by atoms with Gasteiger partial charge in [-0.2, -0.15) is 0 Å². The van der Waals surface area contributed by atoms with Gasteiger partial charge in [-0.15, -0.1) is 0 Å². The van der Waals surface area contributed by atoms with Crippen molar-refractivity contribution >= 4 is 34.4 Å². The fourth-order valence-electron chi connectivity index (χ4n) is 5.21. The Labute approximate surface area is 227 Å². The number of hydrogen-bond acceptors (Lipinski definition) is 7. The first-order valence-corrected chi connectivity index (χ1v) is 13.4. The maximum absolute atomic E-state index is 13.0. The van der Waals surface area contributed by atoms with Crippen molar-refractivity contribution in [1.29, 1.82) is 0 Å². The number of benzene rings is 2. The number of hydrogen-bond donors (Lipinski definition) is 3. The Morgan fingerprint density at radius 3 is 2.76 bits per heavy atom. The molecule has 3 aromatic rings. The molecule has 0 unspecified atom stereocenters. The number of rotatable bonds is 9. The van der Waals surface area contributed by atoms with Crippen LogP contribution in [0, 0.1) is 6.92 Å². The first-order valence-electron chi connectivity index (χ1n) is 13.0. The number of pyridine rings is 1. The summed E-state index contributed by atoms with van der Waals surface area (Å²) in [5, 5.41) is 14.5. The Kier molecular flexibility index (Phi) is 8.14. The molecule has 9 heteroatoms. The van der Waals surface area contributed by atoms with Crippen LogP contribution in [0.15, 0.2) is 58.4 Å². The van der Waals surface area contributed by atoms with Gasteiger partial charge in [-0.1, -0.05) is 23.7 Å². The molecule has 5 rings (SSSR count). The quantitative estimate of drug-likeness (QED) is 0.384. The number of ether oxygens (including phenoxy) is 1. The number of aliphatic hydroxyl groups is 1. The monoisotopic (exact) mass is 535 g/mol. The smallest absolute Gasteiger partial charge is 0.259 e. The number of aromatic nitrogens is 1. The normalized spacial score (nSPS) is 16.3. The fourth-order valence-corrected chi connectivity index (χ4v) is 5.41. The summed E-state index contributed by atoms with van der Waals surface area (Å²) < 4.78 is 5.22. The van der Waals surface area contributed by atoms with E-state index in [1.165, 1.54) is 5.69 Å². The number of nitrogens with one attached hydrogen (secondary N) is 2. The summed E-state index contributed by atoms with van der Waals surface area (Å²) in [6.07, 6.45) is 1.41. The largest absolute Gasteiger partial charge is 0.387 e. The second kappa shape index (κ2) is 11.7. The van der Waals surface area contributed by atoms with Crippen LogP contribution in [0.3, 0.4) is 0 Å². The van der Waals surface area contributed by atoms with Gasteiger partial charge in [0.15, 0.2) is 0 Å². The highest BCUT2D eigenvalue weighted by atomic mass is 35.5. The molecule has 0 amide bonds. The molecular weight excluding hydrogens is 502 g/mol. The molecule has 0 spiro atoms. The average molecular weight is 536 g/mol. The third-order valence-corrected chi connectivity index (χ3v) is 7.52. The van der Waals surface area contributed by atoms with E-state index in [9.17, 15) is 9.90 Å². The zero-order valence-electron chi connectivity index (χ0n) is 21.8. The van der Waals surface area contributed by atoms with Crippen LogP contribution in [0.5, 0.6) is 0 Å². The second-order valence-electron chi connectivity index (χ2n) is 9.87. The van der Waals surface area contributed by atoms with Crippen molar-refractivity contribution < 1.29 is 9.84 Å². The maximum atomic E-state index is 13.0. The molecule has 1 atom stereocenters. The lowest BCUT2D eigenvalue weighted by molar-refractivity contribution is 0.144. The number of piperazine rings is 1. The van der Waals surface area contributed by atoms with Gasteiger partial charge in [0.2, 0.25) is 0 Å². The van der Waals surface area contributed by atoms with Gasteiger partial charge in [-0.05, 0) is 53.9 Å². The zero-order chi connectivity index (χ0) is 26.6. The number of aliphatic imine (C=N–C) groups is 1. The minimum atomic E-state index is -0.775. The summed E-state index contributed by atoms with van der Waals surface area (Å²) in [5.41, 5.74) is 6.77. The second-order valence-corrected chi connectivity index (χ2v) is 10.3. The maximum Gasteiger partial charge on any atom is 0.259 e. The molecule has 0 bridgehead atoms. The van der Waals surface area contributed by atoms with Crippen LogP contribution in [-0.4, -0.2) is 73.7 Å². The van der Waals surface area contributed by atoms with E-state index < -0.39 is 6.10 Å². The SMILES string of the molecule is COCCN1CCN(c2cc(C)c3c(c2)CC(c2c(NC[C@@H](O)c4cccc(Cl)c4)cc[nH]c2=O)=N3)CC1. The van der Waals surface area contributed by atoms with Crippen LogP contribution in [-0.2, 0) is 11.2 Å². The summed E-state index contributed by atoms with van der Waals surface area (Å²) in [4.78, 5) is 25.5. The van der Waals surface area contributed by atoms with Gasteiger partial charge in [0.1, 0.15) is 0 Å². The molecule has 2 aromatic carbocycles. The highest BCUT2D eigenvalue weighted by Crippen LogP contribution is 2.36. The Morgan fingerprint density at radius 2 is 2.00 bits per heavy atom. The summed E-state index contributed by atoms with van der Waals surface area (Å²) in [7, 11) is 1.74. The predicted molar refractivity (Wildman–Crippen MR) is 154 cm³/mol. The highest BCUT2D eigenvalue weighted by Gasteiger charge is 2.25. The number of aliphatic hydroxyl groups excluding tert-OH is 1. The predicted octanol–water partition coefficient (Wildman–Crippen LogP) is 3.93. The molecule has 1 saturated heterocycles. The van der Waals surface area contributed by atoms with Crippen LogP contribution in [0.25, 0.3) is 0 Å². The van der Waals surface area contributed by atoms with E-state index in [4.69, 9.17) is 21.3 Å². The molecule has 0 radical (unpaired) electrons. The van der Waals surface area contributed by atoms with Gasteiger partial charge >= 0.3 is 0 Å². The minimum absolute atomic E-state index is 0.205. The molecule has 3 heterocycles. The van der Waals surface area contributed by atoms with Gasteiger partial charge in [0.25, 0.3) is 5.56 Å². The van der Waals surface area contributed by atoms with Crippen LogP contribution >= 0.6 is 11.6 Å². The molecule has 0 saturated carbocycles. The van der Waals surface area contributed by atoms with E-state index in [1.54, 1.807) is 25.4 Å². The number of nitrogens with zero attached hydrogens (tertiary/aromatic N) is 3. The summed E-state index contributed by atoms with van der Waals surface area (Å²) in [6, 6.07) is 13.4. The number of halogens is 1. The van der Waals surface area contributed by atoms with E-state index in [2.05, 4.69) is 39.2 Å². The molecule has 1 aromatic heterocycles. The summed E-state index contributed by atoms with van der Waals surface area (Å²) >= 11 is 6.08. The first-order chi connectivity index (χ1) is 18.4. The van der Waals surface area contributed by atoms with Crippen LogP contribution in [0.4, 0.5) is 17.1 Å². The molecular formula is C29H34ClN5O3. The van der Waals surface area contributed by atoms with Crippen molar-refractivity contribution in [2.24, 2.45) is 4.99 Å². The standard InChI is InChI=1S/C29H34ClN5O3/c1-19-14-23(35-10-8-34(9-11-35)12-13-38-2)16-21-17-25(33-28(19)21)27-24(6-7-31-29(27)37)32-18-26(36)20-4-3-5-22(30)15-20/h3-7,14-16,26,36H,8-13,17-18H2,1-2H3,(H2,31,32,37)/t26-/m1/s1. The number of methoxy groups -OCH3 is 1. The van der Waals surface area contributed by atoms with Crippen molar-refractivity contribution in [2.75, 3.05) is 63.2 Å². The lowest BCUT2D eigenvalue weighted by Gasteiger charge is -2.36. The lowest BCUT2D eigenvalue weighted by atomic mass is 10.0. The van der Waals surface area contributed by atoms with E-state index in [1.807, 2.05) is 18.2 Å². The molecule has 2 aliphatic heterocycles. The molecule has 38 heavy (non-hydrogen) atoms. The van der Waals surface area contributed by atoms with Gasteiger partial charge in [0.05, 0.1) is 35.4 Å². The van der Waals surface area contributed by atoms with E-state index in [0.717, 1.165) is 61.9 Å². The van der Waals surface area contributed by atoms with E-state index in [-0.39, 0.29) is 12.1 Å². The van der Waals surface area contributed by atoms with Crippen LogP contribution < -0.4 is 15.8 Å². The average Bonchev–Trinajstić information content (AvgIpc) is 3.35. The first kappa shape index (κ1) is 26.4. The Balaban J connectivity index is 1.31. The van der Waals surface area contributed by atoms with Gasteiger partial charge < -0.3 is 25.0 Å². The summed E-state index contributed by atoms with van der Waals surface area (Å²) in [6.45, 7) is 7.99. The number of fused-ring (bicyclic) bond motifs is 1. The molecule has 2 aliphatic rings. The number of aryl methyl sites for hydroxylation is 1. The number of anilines is 2. The van der Waals surface area contributed by atoms with Crippen LogP contribution in [0.1, 0.15) is 28.4 Å². The van der Waals surface area contributed by atoms with Crippen molar-refractivity contribution in [3.63, 3.8) is 0 Å². The Bertz CT molecular complexity index is 1380. The van der Waals surface area contributed by atoms with E-state index in [0.29, 0.717) is 28.3 Å². The fraction of sp³-hybridized carbons (Fsp3) is 0.379. The molecule has 1 fully saturated rings. The van der Waals surface area contributed by atoms with Crippen molar-refractivity contribution in [1.82, 2.24) is 9.88 Å².